The van der Waals surface area contributed by atoms with E-state index < -0.39 is 0 Å². The Kier molecular flexibility index (Phi) is 7.85. The van der Waals surface area contributed by atoms with Crippen LogP contribution in [-0.2, 0) is 16.1 Å². The van der Waals surface area contributed by atoms with E-state index in [2.05, 4.69) is 29.2 Å². The molecule has 1 heterocycles. The summed E-state index contributed by atoms with van der Waals surface area (Å²) in [6, 6.07) is 15.4. The number of amides is 1. The average Bonchev–Trinajstić information content (AvgIpc) is 2.80. The zero-order valence-electron chi connectivity index (χ0n) is 17.8. The maximum atomic E-state index is 12.4. The van der Waals surface area contributed by atoms with Gasteiger partial charge < -0.3 is 19.3 Å². The van der Waals surface area contributed by atoms with Crippen LogP contribution in [0.4, 0.5) is 5.69 Å². The van der Waals surface area contributed by atoms with Gasteiger partial charge in [-0.1, -0.05) is 12.1 Å². The number of methoxy groups -OCH3 is 1. The summed E-state index contributed by atoms with van der Waals surface area (Å²) < 4.78 is 10.5. The molecule has 1 fully saturated rings. The Morgan fingerprint density at radius 2 is 1.67 bits per heavy atom. The number of carbonyl (C=O) groups is 2. The third-order valence-electron chi connectivity index (χ3n) is 5.36. The van der Waals surface area contributed by atoms with Crippen LogP contribution in [0.15, 0.2) is 48.5 Å². The molecular formula is C24H30N2O4. The SMILES string of the molecule is COc1ccc(C(=O)CCCC(=O)N(C)Cc2ccc(N3CCOCC3)cc2)cc1. The number of carbonyl (C=O) groups excluding carboxylic acids is 2. The van der Waals surface area contributed by atoms with Crippen LogP contribution in [0, 0.1) is 0 Å². The first-order valence-electron chi connectivity index (χ1n) is 10.4. The fraction of sp³-hybridized carbons (Fsp3) is 0.417. The van der Waals surface area contributed by atoms with Gasteiger partial charge in [0.25, 0.3) is 0 Å². The summed E-state index contributed by atoms with van der Waals surface area (Å²) in [5.41, 5.74) is 2.93. The Morgan fingerprint density at radius 3 is 2.30 bits per heavy atom. The Hall–Kier alpha value is -2.86. The normalized spacial score (nSPS) is 13.7. The van der Waals surface area contributed by atoms with E-state index in [-0.39, 0.29) is 11.7 Å². The summed E-state index contributed by atoms with van der Waals surface area (Å²) in [5, 5.41) is 0. The highest BCUT2D eigenvalue weighted by atomic mass is 16.5. The molecule has 0 spiro atoms. The van der Waals surface area contributed by atoms with Crippen molar-refractivity contribution in [2.75, 3.05) is 45.4 Å². The molecule has 1 aliphatic rings. The molecule has 30 heavy (non-hydrogen) atoms. The van der Waals surface area contributed by atoms with Gasteiger partial charge in [-0.3, -0.25) is 9.59 Å². The molecule has 6 nitrogen and oxygen atoms in total. The van der Waals surface area contributed by atoms with E-state index in [9.17, 15) is 9.59 Å². The number of hydrogen-bond donors (Lipinski definition) is 0. The van der Waals surface area contributed by atoms with Gasteiger partial charge in [-0.2, -0.15) is 0 Å². The number of anilines is 1. The van der Waals surface area contributed by atoms with Crippen LogP contribution in [0.3, 0.4) is 0 Å². The summed E-state index contributed by atoms with van der Waals surface area (Å²) in [5.74, 6) is 0.822. The highest BCUT2D eigenvalue weighted by molar-refractivity contribution is 5.96. The van der Waals surface area contributed by atoms with Crippen molar-refractivity contribution in [3.05, 3.63) is 59.7 Å². The van der Waals surface area contributed by atoms with E-state index in [1.807, 2.05) is 7.05 Å². The molecule has 0 saturated carbocycles. The zero-order chi connectivity index (χ0) is 21.3. The number of morpholine rings is 1. The van der Waals surface area contributed by atoms with Gasteiger partial charge in [0.2, 0.25) is 5.91 Å². The number of Topliss-reactive ketones (excluding diaryl/α,β-unsaturated/α-hetero) is 1. The van der Waals surface area contributed by atoms with Crippen LogP contribution in [0.5, 0.6) is 5.75 Å². The molecule has 3 rings (SSSR count). The van der Waals surface area contributed by atoms with Crippen LogP contribution in [0.25, 0.3) is 0 Å². The van der Waals surface area contributed by atoms with Gasteiger partial charge in [-0.05, 0) is 48.4 Å². The summed E-state index contributed by atoms with van der Waals surface area (Å²) in [6.07, 6.45) is 1.27. The molecule has 2 aromatic carbocycles. The van der Waals surface area contributed by atoms with Gasteiger partial charge in [-0.15, -0.1) is 0 Å². The fourth-order valence-electron chi connectivity index (χ4n) is 3.51. The summed E-state index contributed by atoms with van der Waals surface area (Å²) in [7, 11) is 3.40. The second-order valence-corrected chi connectivity index (χ2v) is 7.52. The quantitative estimate of drug-likeness (QED) is 0.592. The monoisotopic (exact) mass is 410 g/mol. The standard InChI is InChI=1S/C24H30N2O4/c1-25(18-19-6-10-21(11-7-19)26-14-16-30-17-15-26)24(28)5-3-4-23(27)20-8-12-22(29-2)13-9-20/h6-13H,3-5,14-18H2,1-2H3. The van der Waals surface area contributed by atoms with Crippen molar-refractivity contribution in [1.82, 2.24) is 4.90 Å². The molecule has 2 aromatic rings. The molecule has 0 N–H and O–H groups in total. The van der Waals surface area contributed by atoms with E-state index >= 15 is 0 Å². The second-order valence-electron chi connectivity index (χ2n) is 7.52. The molecule has 160 valence electrons. The number of ether oxygens (including phenoxy) is 2. The minimum atomic E-state index is 0.0480. The van der Waals surface area contributed by atoms with Crippen molar-refractivity contribution in [3.63, 3.8) is 0 Å². The number of nitrogens with zero attached hydrogens (tertiary/aromatic N) is 2. The lowest BCUT2D eigenvalue weighted by Gasteiger charge is -2.29. The Morgan fingerprint density at radius 1 is 1.00 bits per heavy atom. The molecular weight excluding hydrogens is 380 g/mol. The third-order valence-corrected chi connectivity index (χ3v) is 5.36. The highest BCUT2D eigenvalue weighted by Crippen LogP contribution is 2.18. The predicted molar refractivity (Wildman–Crippen MR) is 117 cm³/mol. The van der Waals surface area contributed by atoms with Gasteiger partial charge >= 0.3 is 0 Å². The minimum Gasteiger partial charge on any atom is -0.497 e. The van der Waals surface area contributed by atoms with Gasteiger partial charge in [0.05, 0.1) is 20.3 Å². The Bertz CT molecular complexity index is 827. The van der Waals surface area contributed by atoms with Crippen molar-refractivity contribution >= 4 is 17.4 Å². The Balaban J connectivity index is 1.42. The molecule has 0 aromatic heterocycles. The maximum absolute atomic E-state index is 12.4. The molecule has 1 amide bonds. The first kappa shape index (κ1) is 21.8. The number of benzene rings is 2. The molecule has 6 heteroatoms. The predicted octanol–water partition coefficient (Wildman–Crippen LogP) is 3.54. The highest BCUT2D eigenvalue weighted by Gasteiger charge is 2.13. The van der Waals surface area contributed by atoms with Crippen LogP contribution >= 0.6 is 0 Å². The van der Waals surface area contributed by atoms with E-state index in [0.29, 0.717) is 31.4 Å². The van der Waals surface area contributed by atoms with E-state index in [0.717, 1.165) is 37.6 Å². The Labute approximate surface area is 178 Å². The lowest BCUT2D eigenvalue weighted by molar-refractivity contribution is -0.130. The summed E-state index contributed by atoms with van der Waals surface area (Å²) >= 11 is 0. The van der Waals surface area contributed by atoms with Crippen LogP contribution in [0.1, 0.15) is 35.2 Å². The molecule has 1 saturated heterocycles. The van der Waals surface area contributed by atoms with Crippen molar-refractivity contribution in [2.24, 2.45) is 0 Å². The van der Waals surface area contributed by atoms with Gasteiger partial charge in [0.1, 0.15) is 5.75 Å². The lowest BCUT2D eigenvalue weighted by atomic mass is 10.0. The molecule has 1 aliphatic heterocycles. The van der Waals surface area contributed by atoms with Crippen LogP contribution in [0.2, 0.25) is 0 Å². The number of hydrogen-bond acceptors (Lipinski definition) is 5. The fourth-order valence-corrected chi connectivity index (χ4v) is 3.51. The van der Waals surface area contributed by atoms with E-state index in [1.165, 1.54) is 5.69 Å². The zero-order valence-corrected chi connectivity index (χ0v) is 17.8. The lowest BCUT2D eigenvalue weighted by Crippen LogP contribution is -2.36. The van der Waals surface area contributed by atoms with Crippen LogP contribution < -0.4 is 9.64 Å². The van der Waals surface area contributed by atoms with Crippen molar-refractivity contribution < 1.29 is 19.1 Å². The van der Waals surface area contributed by atoms with Crippen LogP contribution in [-0.4, -0.2) is 57.1 Å². The first-order chi connectivity index (χ1) is 14.6. The molecule has 0 unspecified atom stereocenters. The molecule has 0 radical (unpaired) electrons. The van der Waals surface area contributed by atoms with Crippen molar-refractivity contribution in [2.45, 2.75) is 25.8 Å². The first-order valence-corrected chi connectivity index (χ1v) is 10.4. The molecule has 0 aliphatic carbocycles. The number of ketones is 1. The summed E-state index contributed by atoms with van der Waals surface area (Å²) in [4.78, 5) is 28.7. The van der Waals surface area contributed by atoms with Crippen molar-refractivity contribution in [1.29, 1.82) is 0 Å². The van der Waals surface area contributed by atoms with Gasteiger partial charge in [-0.25, -0.2) is 0 Å². The minimum absolute atomic E-state index is 0.0480. The molecule has 0 atom stereocenters. The van der Waals surface area contributed by atoms with Crippen molar-refractivity contribution in [3.8, 4) is 5.75 Å². The van der Waals surface area contributed by atoms with Gasteiger partial charge in [0, 0.05) is 50.8 Å². The van der Waals surface area contributed by atoms with E-state index in [1.54, 1.807) is 36.3 Å². The topological polar surface area (TPSA) is 59.1 Å². The van der Waals surface area contributed by atoms with E-state index in [4.69, 9.17) is 9.47 Å². The maximum Gasteiger partial charge on any atom is 0.222 e. The smallest absolute Gasteiger partial charge is 0.222 e. The average molecular weight is 411 g/mol. The molecule has 0 bridgehead atoms. The van der Waals surface area contributed by atoms with Gasteiger partial charge in [0.15, 0.2) is 5.78 Å². The summed E-state index contributed by atoms with van der Waals surface area (Å²) in [6.45, 7) is 3.91. The third kappa shape index (κ3) is 6.07. The number of rotatable bonds is 9. The second kappa shape index (κ2) is 10.8. The largest absolute Gasteiger partial charge is 0.497 e.